The predicted octanol–water partition coefficient (Wildman–Crippen LogP) is 13.4. The number of nitrogens with zero attached hydrogens (tertiary/aromatic N) is 1. The molecule has 0 bridgehead atoms. The standard InChI is InChI=1S/C53H41NO/c1-5-42-51(55-50-31-19-17-29-46(50)53(42)44-27-15-11-24-39(44)40-25-12-16-28-45(40)53)48(6-2)54(49-30-18-13-22-37(49)35-20-8-7-9-21-35)36-32-33-41-38-23-10-14-26-43(38)52(3,4)47(41)34-36/h5,7-8,10-20,22-34H,6H2,1-4H3/b42-5?,51-48-. The minimum atomic E-state index is -0.568. The number of rotatable bonds is 5. The summed E-state index contributed by atoms with van der Waals surface area (Å²) in [5.74, 6) is 1.77. The number of para-hydroxylation sites is 2. The van der Waals surface area contributed by atoms with Crippen molar-refractivity contribution in [3.63, 3.8) is 0 Å². The fourth-order valence-electron chi connectivity index (χ4n) is 9.82. The van der Waals surface area contributed by atoms with Gasteiger partial charge in [0.1, 0.15) is 5.75 Å². The molecule has 1 heterocycles. The molecule has 0 saturated heterocycles. The lowest BCUT2D eigenvalue weighted by molar-refractivity contribution is 0.381. The van der Waals surface area contributed by atoms with E-state index in [9.17, 15) is 0 Å². The predicted molar refractivity (Wildman–Crippen MR) is 226 cm³/mol. The zero-order valence-electron chi connectivity index (χ0n) is 31.7. The Hall–Kier alpha value is -6.56. The van der Waals surface area contributed by atoms with Crippen LogP contribution in [0.3, 0.4) is 0 Å². The summed E-state index contributed by atoms with van der Waals surface area (Å²) in [6.07, 6.45) is 3.01. The van der Waals surface area contributed by atoms with Crippen molar-refractivity contribution < 1.29 is 4.74 Å². The summed E-state index contributed by atoms with van der Waals surface area (Å²) < 4.78 is 7.31. The summed E-state index contributed by atoms with van der Waals surface area (Å²) in [5, 5.41) is 0. The van der Waals surface area contributed by atoms with Gasteiger partial charge in [0.2, 0.25) is 0 Å². The summed E-state index contributed by atoms with van der Waals surface area (Å²) in [5.41, 5.74) is 17.3. The van der Waals surface area contributed by atoms with E-state index in [1.54, 1.807) is 0 Å². The van der Waals surface area contributed by atoms with E-state index < -0.39 is 5.41 Å². The molecule has 7 aromatic rings. The molecule has 2 nitrogen and oxygen atoms in total. The fraction of sp³-hybridized carbons (Fsp3) is 0.132. The molecule has 0 saturated carbocycles. The van der Waals surface area contributed by atoms with Crippen LogP contribution in [0, 0.1) is 12.1 Å². The van der Waals surface area contributed by atoms with Crippen LogP contribution in [0.2, 0.25) is 0 Å². The lowest BCUT2D eigenvalue weighted by atomic mass is 9.65. The number of hydrogen-bond acceptors (Lipinski definition) is 2. The van der Waals surface area contributed by atoms with Crippen molar-refractivity contribution in [2.75, 3.05) is 4.90 Å². The number of fused-ring (bicyclic) bond motifs is 10. The third-order valence-corrected chi connectivity index (χ3v) is 12.2. The van der Waals surface area contributed by atoms with Crippen molar-refractivity contribution >= 4 is 11.4 Å². The highest BCUT2D eigenvalue weighted by molar-refractivity contribution is 5.91. The van der Waals surface area contributed by atoms with Gasteiger partial charge in [-0.25, -0.2) is 0 Å². The van der Waals surface area contributed by atoms with Gasteiger partial charge in [0, 0.05) is 33.4 Å². The van der Waals surface area contributed by atoms with E-state index in [0.29, 0.717) is 6.42 Å². The smallest absolute Gasteiger partial charge is 0.151 e. The zero-order chi connectivity index (χ0) is 37.3. The summed E-state index contributed by atoms with van der Waals surface area (Å²) in [6.45, 7) is 9.14. The van der Waals surface area contributed by atoms with E-state index >= 15 is 0 Å². The van der Waals surface area contributed by atoms with Gasteiger partial charge < -0.3 is 9.64 Å². The highest BCUT2D eigenvalue weighted by atomic mass is 16.5. The number of allylic oxidation sites excluding steroid dienone is 3. The Morgan fingerprint density at radius 1 is 0.618 bits per heavy atom. The van der Waals surface area contributed by atoms with Gasteiger partial charge in [0.15, 0.2) is 5.76 Å². The Morgan fingerprint density at radius 3 is 1.85 bits per heavy atom. The summed E-state index contributed by atoms with van der Waals surface area (Å²) in [4.78, 5) is 2.46. The molecule has 264 valence electrons. The molecule has 1 spiro atoms. The van der Waals surface area contributed by atoms with Gasteiger partial charge in [-0.05, 0) is 94.3 Å². The highest BCUT2D eigenvalue weighted by Crippen LogP contribution is 2.62. The minimum Gasteiger partial charge on any atom is -0.455 e. The van der Waals surface area contributed by atoms with Crippen molar-refractivity contribution in [3.05, 3.63) is 221 Å². The van der Waals surface area contributed by atoms with E-state index in [2.05, 4.69) is 196 Å². The number of anilines is 2. The normalized spacial score (nSPS) is 16.6. The first-order chi connectivity index (χ1) is 27.0. The van der Waals surface area contributed by atoms with Crippen LogP contribution in [0.1, 0.15) is 61.9 Å². The summed E-state index contributed by atoms with van der Waals surface area (Å²) in [7, 11) is 0. The molecule has 0 N–H and O–H groups in total. The molecular weight excluding hydrogens is 667 g/mol. The van der Waals surface area contributed by atoms with Crippen molar-refractivity contribution in [3.8, 4) is 39.1 Å². The Labute approximate surface area is 324 Å². The van der Waals surface area contributed by atoms with Crippen LogP contribution in [0.4, 0.5) is 11.4 Å². The molecule has 0 amide bonds. The molecule has 0 atom stereocenters. The molecule has 0 fully saturated rings. The quantitative estimate of drug-likeness (QED) is 0.177. The Balaban J connectivity index is 1.29. The second-order valence-corrected chi connectivity index (χ2v) is 15.2. The lowest BCUT2D eigenvalue weighted by Gasteiger charge is -2.43. The van der Waals surface area contributed by atoms with Crippen LogP contribution >= 0.6 is 0 Å². The number of hydrogen-bond donors (Lipinski definition) is 0. The molecule has 2 aliphatic carbocycles. The van der Waals surface area contributed by atoms with E-state index in [1.807, 2.05) is 12.1 Å². The highest BCUT2D eigenvalue weighted by Gasteiger charge is 2.53. The fourth-order valence-corrected chi connectivity index (χ4v) is 9.82. The van der Waals surface area contributed by atoms with Crippen LogP contribution in [0.5, 0.6) is 5.75 Å². The lowest BCUT2D eigenvalue weighted by Crippen LogP contribution is -2.37. The van der Waals surface area contributed by atoms with Gasteiger partial charge in [-0.2, -0.15) is 0 Å². The molecule has 10 rings (SSSR count). The van der Waals surface area contributed by atoms with Crippen molar-refractivity contribution in [1.82, 2.24) is 0 Å². The van der Waals surface area contributed by atoms with Gasteiger partial charge in [-0.15, -0.1) is 0 Å². The first-order valence-corrected chi connectivity index (χ1v) is 19.4. The summed E-state index contributed by atoms with van der Waals surface area (Å²) >= 11 is 0. The summed E-state index contributed by atoms with van der Waals surface area (Å²) in [6, 6.07) is 63.8. The van der Waals surface area contributed by atoms with Gasteiger partial charge in [-0.1, -0.05) is 160 Å². The first-order valence-electron chi connectivity index (χ1n) is 19.4. The minimum absolute atomic E-state index is 0.162. The molecule has 3 aliphatic rings. The Kier molecular flexibility index (Phi) is 7.51. The molecule has 0 aromatic heterocycles. The average molecular weight is 708 g/mol. The van der Waals surface area contributed by atoms with E-state index in [4.69, 9.17) is 4.74 Å². The first kappa shape index (κ1) is 33.0. The SMILES string of the molecule is CC=C1/C(=C(\CC)N(c2ccc3c(c2)C(C)(C)c2ccccc2-3)c2ccccc2-c2c#cccc2)Oc2ccccc2C12c1ccccc1-c1ccccc12. The maximum absolute atomic E-state index is 7.31. The van der Waals surface area contributed by atoms with Gasteiger partial charge in [-0.3, -0.25) is 0 Å². The number of benzene rings is 6. The molecule has 7 aromatic carbocycles. The van der Waals surface area contributed by atoms with Gasteiger partial charge in [0.05, 0.1) is 16.8 Å². The van der Waals surface area contributed by atoms with Crippen LogP contribution in [0.15, 0.2) is 181 Å². The van der Waals surface area contributed by atoms with Crippen LogP contribution in [-0.2, 0) is 10.8 Å². The second kappa shape index (κ2) is 12.5. The topological polar surface area (TPSA) is 12.5 Å². The Bertz CT molecular complexity index is 2670. The van der Waals surface area contributed by atoms with Gasteiger partial charge >= 0.3 is 0 Å². The monoisotopic (exact) mass is 707 g/mol. The number of ether oxygens (including phenoxy) is 1. The van der Waals surface area contributed by atoms with Crippen LogP contribution in [0.25, 0.3) is 33.4 Å². The van der Waals surface area contributed by atoms with Gasteiger partial charge in [0.25, 0.3) is 0 Å². The van der Waals surface area contributed by atoms with E-state index in [0.717, 1.165) is 50.8 Å². The maximum atomic E-state index is 7.31. The zero-order valence-corrected chi connectivity index (χ0v) is 31.7. The van der Waals surface area contributed by atoms with Crippen molar-refractivity contribution in [2.24, 2.45) is 0 Å². The second-order valence-electron chi connectivity index (χ2n) is 15.2. The molecule has 0 unspecified atom stereocenters. The average Bonchev–Trinajstić information content (AvgIpc) is 3.65. The van der Waals surface area contributed by atoms with E-state index in [-0.39, 0.29) is 5.41 Å². The molecule has 55 heavy (non-hydrogen) atoms. The Morgan fingerprint density at radius 2 is 1.20 bits per heavy atom. The largest absolute Gasteiger partial charge is 0.455 e. The van der Waals surface area contributed by atoms with Crippen LogP contribution in [-0.4, -0.2) is 0 Å². The van der Waals surface area contributed by atoms with Crippen LogP contribution < -0.4 is 9.64 Å². The molecule has 2 heteroatoms. The third kappa shape index (κ3) is 4.63. The molecule has 1 aliphatic heterocycles. The maximum Gasteiger partial charge on any atom is 0.151 e. The third-order valence-electron chi connectivity index (χ3n) is 12.2. The molecular formula is C53H41NO. The van der Waals surface area contributed by atoms with Crippen molar-refractivity contribution in [1.29, 1.82) is 0 Å². The molecule has 0 radical (unpaired) electrons. The van der Waals surface area contributed by atoms with E-state index in [1.165, 1.54) is 44.5 Å². The van der Waals surface area contributed by atoms with Crippen molar-refractivity contribution in [2.45, 2.75) is 44.9 Å².